The summed E-state index contributed by atoms with van der Waals surface area (Å²) in [6.07, 6.45) is 2.39. The van der Waals surface area contributed by atoms with Crippen molar-refractivity contribution in [1.82, 2.24) is 4.98 Å². The zero-order valence-corrected chi connectivity index (χ0v) is 18.7. The molecule has 1 aliphatic rings. The maximum absolute atomic E-state index is 13.4. The molecule has 4 rings (SSSR count). The molecular weight excluding hydrogens is 470 g/mol. The number of alkyl halides is 3. The Kier molecular flexibility index (Phi) is 8.19. The summed E-state index contributed by atoms with van der Waals surface area (Å²) in [5.41, 5.74) is 3.12. The van der Waals surface area contributed by atoms with Gasteiger partial charge < -0.3 is 0 Å². The van der Waals surface area contributed by atoms with Gasteiger partial charge in [-0.2, -0.15) is 0 Å². The predicted octanol–water partition coefficient (Wildman–Crippen LogP) is 6.69. The fraction of sp³-hybridized carbons (Fsp3) is 0.174. The van der Waals surface area contributed by atoms with Gasteiger partial charge in [0.05, 0.1) is 0 Å². The van der Waals surface area contributed by atoms with Crippen molar-refractivity contribution in [3.05, 3.63) is 107 Å². The first-order chi connectivity index (χ1) is 13.5. The number of halogens is 5. The average Bonchev–Trinajstić information content (AvgIpc) is 3.06. The van der Waals surface area contributed by atoms with Crippen LogP contribution in [0, 0.1) is 0 Å². The molecule has 30 heavy (non-hydrogen) atoms. The molecule has 1 nitrogen and oxygen atoms in total. The Balaban J connectivity index is 0.00000160. The van der Waals surface area contributed by atoms with E-state index in [-0.39, 0.29) is 44.3 Å². The zero-order chi connectivity index (χ0) is 19.6. The second kappa shape index (κ2) is 10.0. The monoisotopic (exact) mass is 489 g/mol. The van der Waals surface area contributed by atoms with Crippen LogP contribution in [0.15, 0.2) is 79.0 Å². The number of benzene rings is 2. The molecule has 1 unspecified atom stereocenters. The number of aromatic nitrogens is 1. The topological polar surface area (TPSA) is 12.9 Å². The third kappa shape index (κ3) is 5.10. The molecule has 158 valence electrons. The summed E-state index contributed by atoms with van der Waals surface area (Å²) < 4.78 is 39.9. The van der Waals surface area contributed by atoms with Crippen LogP contribution in [-0.2, 0) is 37.4 Å². The summed E-state index contributed by atoms with van der Waals surface area (Å²) in [5.74, 6) is 0. The Morgan fingerprint density at radius 1 is 0.867 bits per heavy atom. The SMILES string of the molecule is Cl.Cl.FC(F)(F)c1ccccc1[CH2][Cr][C]1(Cc2ccccn2)C=Cc2ccccc21. The van der Waals surface area contributed by atoms with E-state index in [0.29, 0.717) is 17.3 Å². The number of hydrogen-bond acceptors (Lipinski definition) is 1. The van der Waals surface area contributed by atoms with Crippen LogP contribution in [0.4, 0.5) is 13.2 Å². The van der Waals surface area contributed by atoms with E-state index < -0.39 is 11.7 Å². The van der Waals surface area contributed by atoms with Gasteiger partial charge in [-0.1, -0.05) is 0 Å². The van der Waals surface area contributed by atoms with Crippen LogP contribution in [0.3, 0.4) is 0 Å². The third-order valence-corrected chi connectivity index (χ3v) is 7.22. The van der Waals surface area contributed by atoms with Crippen LogP contribution in [0.25, 0.3) is 6.08 Å². The second-order valence-electron chi connectivity index (χ2n) is 6.75. The molecule has 0 bridgehead atoms. The Labute approximate surface area is 193 Å². The van der Waals surface area contributed by atoms with Gasteiger partial charge in [-0.25, -0.2) is 0 Å². The van der Waals surface area contributed by atoms with Crippen molar-refractivity contribution in [1.29, 1.82) is 0 Å². The van der Waals surface area contributed by atoms with Gasteiger partial charge in [-0.3, -0.25) is 0 Å². The van der Waals surface area contributed by atoms with E-state index in [0.717, 1.165) is 11.3 Å². The number of pyridine rings is 1. The Hall–Kier alpha value is -1.77. The van der Waals surface area contributed by atoms with Crippen LogP contribution in [0.2, 0.25) is 0 Å². The predicted molar refractivity (Wildman–Crippen MR) is 115 cm³/mol. The Morgan fingerprint density at radius 2 is 1.57 bits per heavy atom. The van der Waals surface area contributed by atoms with Crippen molar-refractivity contribution in [2.24, 2.45) is 0 Å². The van der Waals surface area contributed by atoms with Crippen molar-refractivity contribution in [3.63, 3.8) is 0 Å². The molecule has 2 aromatic carbocycles. The molecule has 1 aliphatic carbocycles. The van der Waals surface area contributed by atoms with Crippen molar-refractivity contribution >= 4 is 30.9 Å². The first-order valence-electron chi connectivity index (χ1n) is 8.96. The summed E-state index contributed by atoms with van der Waals surface area (Å²) in [7, 11) is 0. The summed E-state index contributed by atoms with van der Waals surface area (Å²) in [4.78, 5) is 4.47. The molecule has 0 amide bonds. The maximum atomic E-state index is 13.4. The molecular formula is C23H20Cl2CrF3N. The zero-order valence-electron chi connectivity index (χ0n) is 15.8. The molecule has 1 heterocycles. The van der Waals surface area contributed by atoms with Crippen LogP contribution in [0.1, 0.15) is 27.9 Å². The van der Waals surface area contributed by atoms with E-state index in [1.165, 1.54) is 17.7 Å². The van der Waals surface area contributed by atoms with Gasteiger partial charge in [0.1, 0.15) is 0 Å². The molecule has 0 saturated carbocycles. The second-order valence-corrected chi connectivity index (χ2v) is 8.79. The number of nitrogens with zero attached hydrogens (tertiary/aromatic N) is 1. The summed E-state index contributed by atoms with van der Waals surface area (Å²) in [5, 5.41) is 0.411. The van der Waals surface area contributed by atoms with Crippen LogP contribution >= 0.6 is 24.8 Å². The Bertz CT molecular complexity index is 1010. The standard InChI is InChI=1S/C15H12N.C8H6F3.2ClH.Cr/c1-2-7-15-12(5-1)8-9-13(15)11-14-6-3-4-10-16-14;1-6-4-2-3-5-7(6)8(9,10)11;;;/h1-10H,11H2;2-5H,1H2;2*1H;. The average molecular weight is 490 g/mol. The van der Waals surface area contributed by atoms with Gasteiger partial charge in [0.2, 0.25) is 0 Å². The molecule has 0 N–H and O–H groups in total. The third-order valence-electron chi connectivity index (χ3n) is 4.93. The molecule has 0 fully saturated rings. The van der Waals surface area contributed by atoms with E-state index in [2.05, 4.69) is 29.3 Å². The Morgan fingerprint density at radius 3 is 2.30 bits per heavy atom. The normalized spacial score (nSPS) is 17.0. The van der Waals surface area contributed by atoms with E-state index in [1.807, 2.05) is 30.3 Å². The molecule has 0 aliphatic heterocycles. The fourth-order valence-electron chi connectivity index (χ4n) is 3.57. The van der Waals surface area contributed by atoms with E-state index in [4.69, 9.17) is 0 Å². The minimum absolute atomic E-state index is 0. The van der Waals surface area contributed by atoms with Crippen molar-refractivity contribution in [2.75, 3.05) is 0 Å². The number of fused-ring (bicyclic) bond motifs is 1. The minimum atomic E-state index is -4.33. The van der Waals surface area contributed by atoms with Crippen molar-refractivity contribution in [2.45, 2.75) is 22.2 Å². The van der Waals surface area contributed by atoms with E-state index in [9.17, 15) is 13.2 Å². The van der Waals surface area contributed by atoms with Gasteiger partial charge in [-0.05, 0) is 0 Å². The van der Waals surface area contributed by atoms with Gasteiger partial charge in [0.15, 0.2) is 0 Å². The molecule has 3 aromatic rings. The van der Waals surface area contributed by atoms with Crippen LogP contribution < -0.4 is 0 Å². The molecule has 1 atom stereocenters. The summed E-state index contributed by atoms with van der Waals surface area (Å²) in [6, 6.07) is 19.9. The first-order valence-corrected chi connectivity index (χ1v) is 10.5. The number of allylic oxidation sites excluding steroid dienone is 1. The number of rotatable bonds is 5. The molecule has 0 radical (unpaired) electrons. The molecule has 1 aromatic heterocycles. The number of hydrogen-bond donors (Lipinski definition) is 0. The van der Waals surface area contributed by atoms with Crippen molar-refractivity contribution in [3.8, 4) is 0 Å². The molecule has 7 heteroatoms. The van der Waals surface area contributed by atoms with E-state index in [1.54, 1.807) is 18.3 Å². The van der Waals surface area contributed by atoms with Crippen molar-refractivity contribution < 1.29 is 28.4 Å². The van der Waals surface area contributed by atoms with Crippen LogP contribution in [0.5, 0.6) is 0 Å². The fourth-order valence-corrected chi connectivity index (χ4v) is 5.79. The van der Waals surface area contributed by atoms with Gasteiger partial charge in [-0.15, -0.1) is 24.8 Å². The summed E-state index contributed by atoms with van der Waals surface area (Å²) in [6.45, 7) is 0. The molecule has 0 saturated heterocycles. The quantitative estimate of drug-likeness (QED) is 0.388. The van der Waals surface area contributed by atoms with Gasteiger partial charge in [0, 0.05) is 0 Å². The molecule has 0 spiro atoms. The van der Waals surface area contributed by atoms with Gasteiger partial charge in [0.25, 0.3) is 0 Å². The first kappa shape index (κ1) is 24.5. The van der Waals surface area contributed by atoms with Crippen LogP contribution in [-0.4, -0.2) is 4.98 Å². The van der Waals surface area contributed by atoms with Gasteiger partial charge >= 0.3 is 169 Å². The van der Waals surface area contributed by atoms with E-state index >= 15 is 0 Å². The summed E-state index contributed by atoms with van der Waals surface area (Å²) >= 11 is -0.116.